The molecule has 2 heterocycles. The number of benzene rings is 2. The number of tetrazole rings is 1. The Hall–Kier alpha value is -3.76. The molecule has 0 aliphatic heterocycles. The summed E-state index contributed by atoms with van der Waals surface area (Å²) in [7, 11) is 0. The average molecular weight is 553 g/mol. The number of ether oxygens (including phenoxy) is 1. The Kier molecular flexibility index (Phi) is 8.43. The summed E-state index contributed by atoms with van der Waals surface area (Å²) in [6.45, 7) is 7.84. The lowest BCUT2D eigenvalue weighted by Gasteiger charge is -2.33. The molecule has 0 radical (unpaired) electrons. The Labute approximate surface area is 230 Å². The first-order chi connectivity index (χ1) is 18.1. The summed E-state index contributed by atoms with van der Waals surface area (Å²) in [6, 6.07) is 16.7. The summed E-state index contributed by atoms with van der Waals surface area (Å²) < 4.78 is 5.58. The van der Waals surface area contributed by atoms with Gasteiger partial charge in [0.05, 0.1) is 11.5 Å². The quantitative estimate of drug-likeness (QED) is 0.308. The number of nitrogens with zero attached hydrogens (tertiary/aromatic N) is 5. The van der Waals surface area contributed by atoms with Crippen molar-refractivity contribution in [2.75, 3.05) is 11.5 Å². The van der Waals surface area contributed by atoms with Crippen molar-refractivity contribution in [3.63, 3.8) is 0 Å². The van der Waals surface area contributed by atoms with Gasteiger partial charge >= 0.3 is 0 Å². The van der Waals surface area contributed by atoms with E-state index < -0.39 is 17.5 Å². The van der Waals surface area contributed by atoms with Crippen LogP contribution in [0.3, 0.4) is 0 Å². The molecule has 2 aromatic heterocycles. The van der Waals surface area contributed by atoms with Gasteiger partial charge in [-0.25, -0.2) is 0 Å². The Balaban J connectivity index is 1.75. The number of carbonyl (C=O) groups is 2. The third-order valence-electron chi connectivity index (χ3n) is 5.36. The number of aromatic nitrogens is 4. The highest BCUT2D eigenvalue weighted by molar-refractivity contribution is 7.13. The summed E-state index contributed by atoms with van der Waals surface area (Å²) in [5, 5.41) is 18.0. The number of anilines is 1. The number of hydrogen-bond donors (Lipinski definition) is 1. The summed E-state index contributed by atoms with van der Waals surface area (Å²) in [5.41, 5.74) is 0.587. The van der Waals surface area contributed by atoms with E-state index >= 15 is 0 Å². The first-order valence-corrected chi connectivity index (χ1v) is 13.3. The van der Waals surface area contributed by atoms with Crippen molar-refractivity contribution >= 4 is 40.4 Å². The van der Waals surface area contributed by atoms with Crippen molar-refractivity contribution in [1.29, 1.82) is 0 Å². The van der Waals surface area contributed by atoms with E-state index in [4.69, 9.17) is 16.3 Å². The van der Waals surface area contributed by atoms with E-state index in [2.05, 4.69) is 20.7 Å². The number of nitrogens with one attached hydrogen (secondary N) is 1. The molecule has 9 nitrogen and oxygen atoms in total. The normalized spacial score (nSPS) is 12.1. The minimum Gasteiger partial charge on any atom is -0.494 e. The van der Waals surface area contributed by atoms with Crippen molar-refractivity contribution in [3.05, 3.63) is 76.6 Å². The van der Waals surface area contributed by atoms with E-state index in [1.54, 1.807) is 48.5 Å². The number of hydrogen-bond acceptors (Lipinski definition) is 7. The van der Waals surface area contributed by atoms with E-state index in [0.717, 1.165) is 4.88 Å². The predicted molar refractivity (Wildman–Crippen MR) is 148 cm³/mol. The lowest BCUT2D eigenvalue weighted by molar-refractivity contribution is -0.128. The zero-order valence-electron chi connectivity index (χ0n) is 21.6. The van der Waals surface area contributed by atoms with Crippen LogP contribution in [-0.4, -0.2) is 44.2 Å². The fourth-order valence-electron chi connectivity index (χ4n) is 3.82. The molecule has 4 aromatic rings. The van der Waals surface area contributed by atoms with Gasteiger partial charge in [-0.05, 0) is 86.3 Å². The Morgan fingerprint density at radius 3 is 2.42 bits per heavy atom. The molecule has 0 spiro atoms. The number of thiophene rings is 1. The van der Waals surface area contributed by atoms with Gasteiger partial charge in [0.2, 0.25) is 11.7 Å². The molecule has 4 rings (SSSR count). The van der Waals surface area contributed by atoms with Crippen molar-refractivity contribution in [2.24, 2.45) is 0 Å². The molecule has 0 unspecified atom stereocenters. The van der Waals surface area contributed by atoms with Crippen LogP contribution >= 0.6 is 22.9 Å². The molecule has 1 atom stereocenters. The minimum atomic E-state index is -0.989. The van der Waals surface area contributed by atoms with Crippen LogP contribution in [0.4, 0.5) is 5.69 Å². The third-order valence-corrected chi connectivity index (χ3v) is 6.47. The SMILES string of the molecule is CCOc1ccc(N(C(=O)Cn2nnc(-c3cccs3)n2)[C@H](C(=O)NC(C)(C)C)c2ccc(Cl)cc2)cc1. The fraction of sp³-hybridized carbons (Fsp3) is 0.296. The Bertz CT molecular complexity index is 1370. The maximum atomic E-state index is 13.9. The van der Waals surface area contributed by atoms with Gasteiger partial charge in [-0.1, -0.05) is 29.8 Å². The van der Waals surface area contributed by atoms with Gasteiger partial charge in [0.1, 0.15) is 18.3 Å². The van der Waals surface area contributed by atoms with Crippen molar-refractivity contribution in [2.45, 2.75) is 45.8 Å². The number of carbonyl (C=O) groups excluding carboxylic acids is 2. The van der Waals surface area contributed by atoms with Crippen molar-refractivity contribution in [1.82, 2.24) is 25.5 Å². The first-order valence-electron chi connectivity index (χ1n) is 12.1. The predicted octanol–water partition coefficient (Wildman–Crippen LogP) is 5.14. The molecule has 0 saturated heterocycles. The molecule has 11 heteroatoms. The second-order valence-corrected chi connectivity index (χ2v) is 10.9. The first kappa shape index (κ1) is 27.3. The number of rotatable bonds is 9. The second kappa shape index (κ2) is 11.7. The van der Waals surface area contributed by atoms with E-state index in [1.165, 1.54) is 21.0 Å². The van der Waals surface area contributed by atoms with E-state index in [9.17, 15) is 9.59 Å². The maximum Gasteiger partial charge on any atom is 0.251 e. The summed E-state index contributed by atoms with van der Waals surface area (Å²) in [4.78, 5) is 31.2. The van der Waals surface area contributed by atoms with E-state index in [1.807, 2.05) is 45.2 Å². The average Bonchev–Trinajstić information content (AvgIpc) is 3.55. The molecular formula is C27H29ClN6O3S. The van der Waals surface area contributed by atoms with Gasteiger partial charge in [0.25, 0.3) is 5.91 Å². The highest BCUT2D eigenvalue weighted by atomic mass is 35.5. The van der Waals surface area contributed by atoms with Gasteiger partial charge in [0, 0.05) is 16.2 Å². The lowest BCUT2D eigenvalue weighted by atomic mass is 10.0. The van der Waals surface area contributed by atoms with Crippen molar-refractivity contribution in [3.8, 4) is 16.5 Å². The van der Waals surface area contributed by atoms with Gasteiger partial charge in [0.15, 0.2) is 0 Å². The molecule has 0 aliphatic rings. The van der Waals surface area contributed by atoms with Crippen molar-refractivity contribution < 1.29 is 14.3 Å². The lowest BCUT2D eigenvalue weighted by Crippen LogP contribution is -2.50. The molecule has 1 N–H and O–H groups in total. The molecule has 0 bridgehead atoms. The molecule has 0 aliphatic carbocycles. The molecule has 198 valence electrons. The van der Waals surface area contributed by atoms with Crippen LogP contribution in [0.15, 0.2) is 66.0 Å². The van der Waals surface area contributed by atoms with Gasteiger partial charge in [-0.2, -0.15) is 4.80 Å². The standard InChI is InChI=1S/C27H29ClN6O3S/c1-5-37-21-14-12-20(13-15-21)34(23(35)17-33-31-25(30-32-33)22-7-6-16-38-22)24(26(36)29-27(2,3)4)18-8-10-19(28)11-9-18/h6-16,24H,5,17H2,1-4H3,(H,29,36)/t24-/m0/s1. The zero-order chi connectivity index (χ0) is 27.3. The highest BCUT2D eigenvalue weighted by Gasteiger charge is 2.35. The highest BCUT2D eigenvalue weighted by Crippen LogP contribution is 2.31. The zero-order valence-corrected chi connectivity index (χ0v) is 23.2. The van der Waals surface area contributed by atoms with Crippen LogP contribution in [0.25, 0.3) is 10.7 Å². The minimum absolute atomic E-state index is 0.224. The topological polar surface area (TPSA) is 102 Å². The van der Waals surface area contributed by atoms with Crippen LogP contribution < -0.4 is 15.0 Å². The van der Waals surface area contributed by atoms with Gasteiger partial charge in [-0.15, -0.1) is 21.5 Å². The maximum absolute atomic E-state index is 13.9. The molecule has 2 aromatic carbocycles. The van der Waals surface area contributed by atoms with Gasteiger partial charge in [-0.3, -0.25) is 14.5 Å². The van der Waals surface area contributed by atoms with Crippen LogP contribution in [0.1, 0.15) is 39.3 Å². The molecule has 0 fully saturated rings. The van der Waals surface area contributed by atoms with Crippen LogP contribution in [-0.2, 0) is 16.1 Å². The number of halogens is 1. The summed E-state index contributed by atoms with van der Waals surface area (Å²) in [6.07, 6.45) is 0. The summed E-state index contributed by atoms with van der Waals surface area (Å²) in [5.74, 6) is 0.352. The number of amides is 2. The second-order valence-electron chi connectivity index (χ2n) is 9.50. The molecule has 0 saturated carbocycles. The third kappa shape index (κ3) is 6.76. The Morgan fingerprint density at radius 1 is 1.11 bits per heavy atom. The van der Waals surface area contributed by atoms with Gasteiger partial charge < -0.3 is 10.1 Å². The monoisotopic (exact) mass is 552 g/mol. The molecule has 2 amide bonds. The van der Waals surface area contributed by atoms with Crippen LogP contribution in [0, 0.1) is 0 Å². The van der Waals surface area contributed by atoms with Crippen LogP contribution in [0.2, 0.25) is 5.02 Å². The molecular weight excluding hydrogens is 524 g/mol. The largest absolute Gasteiger partial charge is 0.494 e. The summed E-state index contributed by atoms with van der Waals surface area (Å²) >= 11 is 7.62. The van der Waals surface area contributed by atoms with Crippen LogP contribution in [0.5, 0.6) is 5.75 Å². The fourth-order valence-corrected chi connectivity index (χ4v) is 4.59. The van der Waals surface area contributed by atoms with E-state index in [-0.39, 0.29) is 12.5 Å². The Morgan fingerprint density at radius 2 is 1.82 bits per heavy atom. The smallest absolute Gasteiger partial charge is 0.251 e. The molecule has 38 heavy (non-hydrogen) atoms. The van der Waals surface area contributed by atoms with E-state index in [0.29, 0.717) is 34.5 Å².